The van der Waals surface area contributed by atoms with Gasteiger partial charge in [-0.1, -0.05) is 18.2 Å². The van der Waals surface area contributed by atoms with Crippen molar-refractivity contribution >= 4 is 11.6 Å². The number of aromatic nitrogens is 3. The van der Waals surface area contributed by atoms with Crippen molar-refractivity contribution in [1.82, 2.24) is 14.8 Å². The van der Waals surface area contributed by atoms with Crippen LogP contribution in [0.1, 0.15) is 18.4 Å². The van der Waals surface area contributed by atoms with E-state index < -0.39 is 0 Å². The summed E-state index contributed by atoms with van der Waals surface area (Å²) in [5.41, 5.74) is 1.76. The van der Waals surface area contributed by atoms with E-state index in [0.717, 1.165) is 22.7 Å². The molecule has 1 amide bonds. The summed E-state index contributed by atoms with van der Waals surface area (Å²) in [6, 6.07) is 15.1. The molecule has 1 aromatic heterocycles. The van der Waals surface area contributed by atoms with E-state index in [1.165, 1.54) is 6.33 Å². The highest BCUT2D eigenvalue weighted by Gasteiger charge is 2.08. The summed E-state index contributed by atoms with van der Waals surface area (Å²) in [6.07, 6.45) is 4.15. The topological polar surface area (TPSA) is 78.3 Å². The number of hydrogen-bond acceptors (Lipinski definition) is 5. The Kier molecular flexibility index (Phi) is 6.40. The second-order valence-electron chi connectivity index (χ2n) is 5.93. The predicted octanol–water partition coefficient (Wildman–Crippen LogP) is 3.13. The summed E-state index contributed by atoms with van der Waals surface area (Å²) < 4.78 is 12.5. The Labute approximate surface area is 158 Å². The molecule has 0 unspecified atom stereocenters. The van der Waals surface area contributed by atoms with Crippen LogP contribution in [-0.2, 0) is 11.3 Å². The number of nitrogens with one attached hydrogen (secondary N) is 1. The zero-order valence-electron chi connectivity index (χ0n) is 15.2. The van der Waals surface area contributed by atoms with Gasteiger partial charge in [0.2, 0.25) is 5.91 Å². The van der Waals surface area contributed by atoms with Crippen LogP contribution < -0.4 is 14.8 Å². The zero-order chi connectivity index (χ0) is 18.9. The number of rotatable bonds is 9. The fraction of sp³-hybridized carbons (Fsp3) is 0.250. The normalized spacial score (nSPS) is 10.4. The molecule has 0 saturated heterocycles. The number of para-hydroxylation sites is 1. The van der Waals surface area contributed by atoms with Gasteiger partial charge >= 0.3 is 0 Å². The smallest absolute Gasteiger partial charge is 0.224 e. The molecule has 7 heteroatoms. The van der Waals surface area contributed by atoms with E-state index in [1.54, 1.807) is 18.1 Å². The molecule has 27 heavy (non-hydrogen) atoms. The number of benzene rings is 2. The van der Waals surface area contributed by atoms with Crippen LogP contribution in [0.25, 0.3) is 0 Å². The van der Waals surface area contributed by atoms with Crippen LogP contribution in [0.2, 0.25) is 0 Å². The van der Waals surface area contributed by atoms with Crippen LogP contribution >= 0.6 is 0 Å². The first-order valence-electron chi connectivity index (χ1n) is 8.71. The number of ether oxygens (including phenoxy) is 2. The third kappa shape index (κ3) is 5.57. The summed E-state index contributed by atoms with van der Waals surface area (Å²) in [7, 11) is 1.62. The van der Waals surface area contributed by atoms with Crippen molar-refractivity contribution < 1.29 is 14.3 Å². The van der Waals surface area contributed by atoms with Gasteiger partial charge in [0, 0.05) is 12.1 Å². The standard InChI is InChI=1S/C20H22N4O3/c1-26-17-8-10-18(11-9-17)27-12-4-7-20(25)23-19-6-3-2-5-16(19)13-24-15-21-14-22-24/h2-3,5-6,8-11,14-15H,4,7,12-13H2,1H3,(H,23,25). The summed E-state index contributed by atoms with van der Waals surface area (Å²) in [6.45, 7) is 1.03. The van der Waals surface area contributed by atoms with E-state index in [9.17, 15) is 4.79 Å². The van der Waals surface area contributed by atoms with Gasteiger partial charge in [-0.2, -0.15) is 5.10 Å². The molecule has 0 spiro atoms. The Balaban J connectivity index is 1.45. The Hall–Kier alpha value is -3.35. The van der Waals surface area contributed by atoms with Crippen LogP contribution in [-0.4, -0.2) is 34.4 Å². The lowest BCUT2D eigenvalue weighted by Gasteiger charge is -2.11. The predicted molar refractivity (Wildman–Crippen MR) is 102 cm³/mol. The maximum atomic E-state index is 12.2. The Morgan fingerprint density at radius 1 is 1.11 bits per heavy atom. The van der Waals surface area contributed by atoms with Gasteiger partial charge < -0.3 is 14.8 Å². The van der Waals surface area contributed by atoms with Crippen LogP contribution in [0.3, 0.4) is 0 Å². The summed E-state index contributed by atoms with van der Waals surface area (Å²) >= 11 is 0. The number of nitrogens with zero attached hydrogens (tertiary/aromatic N) is 3. The van der Waals surface area contributed by atoms with E-state index in [-0.39, 0.29) is 5.91 Å². The van der Waals surface area contributed by atoms with E-state index in [4.69, 9.17) is 9.47 Å². The highest BCUT2D eigenvalue weighted by atomic mass is 16.5. The SMILES string of the molecule is COc1ccc(OCCCC(=O)Nc2ccccc2Cn2cncn2)cc1. The van der Waals surface area contributed by atoms with E-state index in [0.29, 0.717) is 26.0 Å². The lowest BCUT2D eigenvalue weighted by atomic mass is 10.1. The van der Waals surface area contributed by atoms with Crippen molar-refractivity contribution in [2.24, 2.45) is 0 Å². The highest BCUT2D eigenvalue weighted by molar-refractivity contribution is 5.91. The quantitative estimate of drug-likeness (QED) is 0.589. The highest BCUT2D eigenvalue weighted by Crippen LogP contribution is 2.18. The molecule has 0 aliphatic carbocycles. The number of anilines is 1. The van der Waals surface area contributed by atoms with Crippen molar-refractivity contribution in [3.63, 3.8) is 0 Å². The van der Waals surface area contributed by atoms with Gasteiger partial charge in [0.15, 0.2) is 0 Å². The second kappa shape index (κ2) is 9.38. The molecule has 1 heterocycles. The van der Waals surface area contributed by atoms with Crippen molar-refractivity contribution in [3.05, 3.63) is 66.7 Å². The number of carbonyl (C=O) groups is 1. The van der Waals surface area contributed by atoms with E-state index in [1.807, 2.05) is 48.5 Å². The Bertz CT molecular complexity index is 848. The summed E-state index contributed by atoms with van der Waals surface area (Å²) in [5.74, 6) is 1.50. The maximum absolute atomic E-state index is 12.2. The maximum Gasteiger partial charge on any atom is 0.224 e. The first-order chi connectivity index (χ1) is 13.2. The van der Waals surface area contributed by atoms with Crippen molar-refractivity contribution in [2.75, 3.05) is 19.0 Å². The first-order valence-corrected chi connectivity index (χ1v) is 8.71. The average molecular weight is 366 g/mol. The number of carbonyl (C=O) groups excluding carboxylic acids is 1. The number of hydrogen-bond donors (Lipinski definition) is 1. The molecule has 7 nitrogen and oxygen atoms in total. The van der Waals surface area contributed by atoms with Gasteiger partial charge in [-0.25, -0.2) is 9.67 Å². The average Bonchev–Trinajstić information content (AvgIpc) is 3.20. The molecule has 3 rings (SSSR count). The lowest BCUT2D eigenvalue weighted by molar-refractivity contribution is -0.116. The molecule has 2 aromatic carbocycles. The molecule has 0 atom stereocenters. The minimum Gasteiger partial charge on any atom is -0.497 e. The van der Waals surface area contributed by atoms with E-state index >= 15 is 0 Å². The second-order valence-corrected chi connectivity index (χ2v) is 5.93. The Morgan fingerprint density at radius 2 is 1.89 bits per heavy atom. The summed E-state index contributed by atoms with van der Waals surface area (Å²) in [5, 5.41) is 7.06. The molecule has 0 bridgehead atoms. The molecular weight excluding hydrogens is 344 g/mol. The van der Waals surface area contributed by atoms with Gasteiger partial charge in [0.1, 0.15) is 24.2 Å². The fourth-order valence-corrected chi connectivity index (χ4v) is 2.58. The van der Waals surface area contributed by atoms with Gasteiger partial charge in [-0.05, 0) is 42.3 Å². The molecule has 0 aliphatic heterocycles. The lowest BCUT2D eigenvalue weighted by Crippen LogP contribution is -2.15. The molecule has 3 aromatic rings. The molecule has 0 saturated carbocycles. The van der Waals surface area contributed by atoms with Crippen molar-refractivity contribution in [1.29, 1.82) is 0 Å². The first kappa shape index (κ1) is 18.4. The van der Waals surface area contributed by atoms with Crippen molar-refractivity contribution in [3.8, 4) is 11.5 Å². The summed E-state index contributed by atoms with van der Waals surface area (Å²) in [4.78, 5) is 16.2. The molecule has 140 valence electrons. The van der Waals surface area contributed by atoms with Crippen LogP contribution in [0.15, 0.2) is 61.2 Å². The molecule has 0 aliphatic rings. The molecule has 1 N–H and O–H groups in total. The molecular formula is C20H22N4O3. The van der Waals surface area contributed by atoms with Gasteiger partial charge in [0.05, 0.1) is 20.3 Å². The Morgan fingerprint density at radius 3 is 2.63 bits per heavy atom. The molecule has 0 radical (unpaired) electrons. The van der Waals surface area contributed by atoms with Gasteiger partial charge in [-0.3, -0.25) is 4.79 Å². The largest absolute Gasteiger partial charge is 0.497 e. The monoisotopic (exact) mass is 366 g/mol. The zero-order valence-corrected chi connectivity index (χ0v) is 15.2. The third-order valence-electron chi connectivity index (χ3n) is 3.97. The molecule has 0 fully saturated rings. The fourth-order valence-electron chi connectivity index (χ4n) is 2.58. The van der Waals surface area contributed by atoms with Gasteiger partial charge in [0.25, 0.3) is 0 Å². The van der Waals surface area contributed by atoms with Crippen LogP contribution in [0, 0.1) is 0 Å². The van der Waals surface area contributed by atoms with Crippen LogP contribution in [0.5, 0.6) is 11.5 Å². The number of amides is 1. The third-order valence-corrected chi connectivity index (χ3v) is 3.97. The van der Waals surface area contributed by atoms with Gasteiger partial charge in [-0.15, -0.1) is 0 Å². The number of methoxy groups -OCH3 is 1. The van der Waals surface area contributed by atoms with Crippen LogP contribution in [0.4, 0.5) is 5.69 Å². The van der Waals surface area contributed by atoms with E-state index in [2.05, 4.69) is 15.4 Å². The minimum atomic E-state index is -0.0422. The van der Waals surface area contributed by atoms with Crippen molar-refractivity contribution in [2.45, 2.75) is 19.4 Å². The minimum absolute atomic E-state index is 0.0422.